The quantitative estimate of drug-likeness (QED) is 0.172. The van der Waals surface area contributed by atoms with Crippen molar-refractivity contribution in [2.45, 2.75) is 84.5 Å². The van der Waals surface area contributed by atoms with Crippen molar-refractivity contribution < 1.29 is 0 Å². The van der Waals surface area contributed by atoms with Gasteiger partial charge in [-0.1, -0.05) is 75.1 Å². The highest BCUT2D eigenvalue weighted by molar-refractivity contribution is 7.78. The fraction of sp³-hybridized carbons (Fsp3) is 0.483. The Morgan fingerprint density at radius 1 is 1.03 bits per heavy atom. The molecule has 0 atom stereocenters. The predicted molar refractivity (Wildman–Crippen MR) is 142 cm³/mol. The maximum absolute atomic E-state index is 6.36. The average molecular weight is 464 g/mol. The lowest BCUT2D eigenvalue weighted by Gasteiger charge is -2.29. The summed E-state index contributed by atoms with van der Waals surface area (Å²) in [6, 6.07) is 10.8. The number of rotatable bonds is 7. The summed E-state index contributed by atoms with van der Waals surface area (Å²) in [4.78, 5) is 4.05. The van der Waals surface area contributed by atoms with Gasteiger partial charge < -0.3 is 0 Å². The first-order valence-corrected chi connectivity index (χ1v) is 12.9. The molecule has 1 saturated carbocycles. The van der Waals surface area contributed by atoms with Gasteiger partial charge in [-0.05, 0) is 98.0 Å². The van der Waals surface area contributed by atoms with E-state index in [9.17, 15) is 0 Å². The molecule has 0 amide bonds. The summed E-state index contributed by atoms with van der Waals surface area (Å²) in [5, 5.41) is 2.95. The Labute approximate surface area is 204 Å². The second-order valence-electron chi connectivity index (χ2n) is 9.06. The van der Waals surface area contributed by atoms with E-state index in [2.05, 4.69) is 54.0 Å². The number of aliphatic imine (C=N–C) groups is 1. The van der Waals surface area contributed by atoms with Gasteiger partial charge in [0.25, 0.3) is 0 Å². The molecule has 1 aliphatic carbocycles. The van der Waals surface area contributed by atoms with Crippen molar-refractivity contribution in [3.05, 3.63) is 63.2 Å². The van der Waals surface area contributed by atoms with Crippen LogP contribution in [0.15, 0.2) is 35.3 Å². The van der Waals surface area contributed by atoms with Crippen molar-refractivity contribution >= 4 is 34.7 Å². The molecule has 0 N–H and O–H groups in total. The zero-order valence-electron chi connectivity index (χ0n) is 19.6. The second kappa shape index (κ2) is 12.4. The third kappa shape index (κ3) is 6.55. The van der Waals surface area contributed by atoms with Gasteiger partial charge in [-0.2, -0.15) is 4.99 Å². The molecule has 1 nitrogen and oxygen atoms in total. The summed E-state index contributed by atoms with van der Waals surface area (Å²) in [5.74, 6) is 8.33. The molecule has 0 bridgehead atoms. The number of aryl methyl sites for hydroxylation is 2. The second-order valence-corrected chi connectivity index (χ2v) is 9.65. The van der Waals surface area contributed by atoms with Crippen LogP contribution in [-0.2, 0) is 6.42 Å². The van der Waals surface area contributed by atoms with E-state index in [0.717, 1.165) is 29.0 Å². The molecule has 0 radical (unpaired) electrons. The van der Waals surface area contributed by atoms with E-state index < -0.39 is 0 Å². The van der Waals surface area contributed by atoms with Crippen molar-refractivity contribution in [2.75, 3.05) is 0 Å². The molecule has 0 aromatic heterocycles. The SMILES string of the molecule is CCCCCC1CCC(c2ccc(C#Cc3cc(C)c(N=C=S)c(Cl)c3)c(CC)c2)CC1. The van der Waals surface area contributed by atoms with Gasteiger partial charge in [0.15, 0.2) is 0 Å². The number of hydrogen-bond donors (Lipinski definition) is 0. The predicted octanol–water partition coefficient (Wildman–Crippen LogP) is 9.20. The molecule has 3 rings (SSSR count). The highest BCUT2D eigenvalue weighted by Crippen LogP contribution is 2.38. The van der Waals surface area contributed by atoms with Gasteiger partial charge in [-0.15, -0.1) is 0 Å². The van der Waals surface area contributed by atoms with Crippen LogP contribution < -0.4 is 0 Å². The van der Waals surface area contributed by atoms with Gasteiger partial charge in [-0.25, -0.2) is 0 Å². The summed E-state index contributed by atoms with van der Waals surface area (Å²) in [6.45, 7) is 6.47. The topological polar surface area (TPSA) is 12.4 Å². The monoisotopic (exact) mass is 463 g/mol. The van der Waals surface area contributed by atoms with Crippen LogP contribution in [0.3, 0.4) is 0 Å². The van der Waals surface area contributed by atoms with E-state index in [-0.39, 0.29) is 0 Å². The van der Waals surface area contributed by atoms with Crippen LogP contribution in [-0.4, -0.2) is 5.16 Å². The fourth-order valence-electron chi connectivity index (χ4n) is 4.88. The number of unbranched alkanes of at least 4 members (excludes halogenated alkanes) is 2. The Balaban J connectivity index is 1.72. The van der Waals surface area contributed by atoms with Crippen molar-refractivity contribution in [3.63, 3.8) is 0 Å². The van der Waals surface area contributed by atoms with Gasteiger partial charge >= 0.3 is 0 Å². The molecule has 0 unspecified atom stereocenters. The molecule has 0 saturated heterocycles. The number of benzene rings is 2. The first-order chi connectivity index (χ1) is 15.5. The van der Waals surface area contributed by atoms with E-state index in [1.807, 2.05) is 19.1 Å². The Morgan fingerprint density at radius 2 is 1.81 bits per heavy atom. The number of thiocarbonyl (C=S) groups is 1. The summed E-state index contributed by atoms with van der Waals surface area (Å²) in [6.07, 6.45) is 12.0. The highest BCUT2D eigenvalue weighted by atomic mass is 35.5. The number of nitrogens with zero attached hydrogens (tertiary/aromatic N) is 1. The molecule has 32 heavy (non-hydrogen) atoms. The van der Waals surface area contributed by atoms with Crippen LogP contribution in [0.4, 0.5) is 5.69 Å². The highest BCUT2D eigenvalue weighted by Gasteiger charge is 2.22. The molecular formula is C29H34ClNS. The summed E-state index contributed by atoms with van der Waals surface area (Å²) in [5.41, 5.74) is 6.47. The van der Waals surface area contributed by atoms with Gasteiger partial charge in [0.2, 0.25) is 0 Å². The Morgan fingerprint density at radius 3 is 2.47 bits per heavy atom. The average Bonchev–Trinajstić information content (AvgIpc) is 2.80. The normalized spacial score (nSPS) is 17.9. The molecule has 0 heterocycles. The molecule has 0 spiro atoms. The Kier molecular flexibility index (Phi) is 9.55. The van der Waals surface area contributed by atoms with Gasteiger partial charge in [-0.3, -0.25) is 0 Å². The minimum Gasteiger partial charge on any atom is -0.193 e. The minimum atomic E-state index is 0.558. The third-order valence-electron chi connectivity index (χ3n) is 6.80. The first-order valence-electron chi connectivity index (χ1n) is 12.1. The Bertz CT molecular complexity index is 1010. The zero-order chi connectivity index (χ0) is 22.9. The number of halogens is 1. The van der Waals surface area contributed by atoms with Crippen LogP contribution >= 0.6 is 23.8 Å². The maximum Gasteiger partial charge on any atom is 0.0955 e. The van der Waals surface area contributed by atoms with Crippen LogP contribution in [0.25, 0.3) is 0 Å². The van der Waals surface area contributed by atoms with Gasteiger partial charge in [0, 0.05) is 11.1 Å². The lowest BCUT2D eigenvalue weighted by atomic mass is 9.76. The van der Waals surface area contributed by atoms with Crippen molar-refractivity contribution in [3.8, 4) is 11.8 Å². The molecule has 1 fully saturated rings. The van der Waals surface area contributed by atoms with E-state index in [1.54, 1.807) is 0 Å². The first kappa shape index (κ1) is 24.7. The van der Waals surface area contributed by atoms with E-state index in [0.29, 0.717) is 16.6 Å². The standard InChI is InChI=1S/C29H34ClNS/c1-4-6-7-8-22-9-12-26(13-10-22)27-16-15-25(24(5-2)19-27)14-11-23-17-21(3)29(31-20-32)28(30)18-23/h15-19,22,26H,4-10,12-13H2,1-3H3. The summed E-state index contributed by atoms with van der Waals surface area (Å²) < 4.78 is 0. The molecule has 168 valence electrons. The summed E-state index contributed by atoms with van der Waals surface area (Å²) in [7, 11) is 0. The van der Waals surface area contributed by atoms with Crippen molar-refractivity contribution in [1.82, 2.24) is 0 Å². The number of isothiocyanates is 1. The molecule has 0 aliphatic heterocycles. The third-order valence-corrected chi connectivity index (χ3v) is 7.18. The van der Waals surface area contributed by atoms with Gasteiger partial charge in [0.05, 0.1) is 15.9 Å². The van der Waals surface area contributed by atoms with Crippen molar-refractivity contribution in [1.29, 1.82) is 0 Å². The smallest absolute Gasteiger partial charge is 0.0955 e. The van der Waals surface area contributed by atoms with Crippen molar-refractivity contribution in [2.24, 2.45) is 10.9 Å². The van der Waals surface area contributed by atoms with Crippen LogP contribution in [0.1, 0.15) is 98.9 Å². The summed E-state index contributed by atoms with van der Waals surface area (Å²) >= 11 is 11.1. The van der Waals surface area contributed by atoms with E-state index in [4.69, 9.17) is 23.8 Å². The molecular weight excluding hydrogens is 430 g/mol. The number of hydrogen-bond acceptors (Lipinski definition) is 2. The van der Waals surface area contributed by atoms with Gasteiger partial charge in [0.1, 0.15) is 0 Å². The van der Waals surface area contributed by atoms with Crippen LogP contribution in [0, 0.1) is 24.7 Å². The zero-order valence-corrected chi connectivity index (χ0v) is 21.2. The Hall–Kier alpha value is -1.91. The molecule has 1 aliphatic rings. The molecule has 3 heteroatoms. The van der Waals surface area contributed by atoms with E-state index >= 15 is 0 Å². The molecule has 2 aromatic rings. The maximum atomic E-state index is 6.36. The van der Waals surface area contributed by atoms with Crippen LogP contribution in [0.5, 0.6) is 0 Å². The largest absolute Gasteiger partial charge is 0.193 e. The lowest BCUT2D eigenvalue weighted by Crippen LogP contribution is -2.13. The fourth-order valence-corrected chi connectivity index (χ4v) is 5.29. The molecule has 2 aromatic carbocycles. The van der Waals surface area contributed by atoms with E-state index in [1.165, 1.54) is 62.5 Å². The van der Waals surface area contributed by atoms with Crippen LogP contribution in [0.2, 0.25) is 5.02 Å². The minimum absolute atomic E-state index is 0.558. The lowest BCUT2D eigenvalue weighted by molar-refractivity contribution is 0.302.